The zero-order valence-electron chi connectivity index (χ0n) is 18.5. The second-order valence-electron chi connectivity index (χ2n) is 7.54. The Morgan fingerprint density at radius 2 is 1.72 bits per heavy atom. The number of sulfonamides is 1. The summed E-state index contributed by atoms with van der Waals surface area (Å²) < 4.78 is 31.4. The van der Waals surface area contributed by atoms with Crippen molar-refractivity contribution in [2.24, 2.45) is 0 Å². The number of anilines is 1. The van der Waals surface area contributed by atoms with Gasteiger partial charge in [-0.3, -0.25) is 9.59 Å². The molecule has 0 spiro atoms. The van der Waals surface area contributed by atoms with Gasteiger partial charge in [0.05, 0.1) is 7.11 Å². The van der Waals surface area contributed by atoms with Gasteiger partial charge >= 0.3 is 0 Å². The van der Waals surface area contributed by atoms with E-state index >= 15 is 0 Å². The molecule has 0 saturated carbocycles. The lowest BCUT2D eigenvalue weighted by atomic mass is 10.1. The standard InChI is InChI=1S/C22H27N3O5S2/c1-15-13-17(22(27)25-9-11-31-12-10-25)5-7-18(15)23-21(26)16-6-8-19(30-4)20(14-16)32(28,29)24(2)3/h5-8,13-14H,9-12H2,1-4H3,(H,23,26). The summed E-state index contributed by atoms with van der Waals surface area (Å²) in [5.74, 6) is 1.56. The van der Waals surface area contributed by atoms with Crippen molar-refractivity contribution in [3.8, 4) is 5.75 Å². The molecule has 32 heavy (non-hydrogen) atoms. The topological polar surface area (TPSA) is 96.0 Å². The molecule has 0 bridgehead atoms. The summed E-state index contributed by atoms with van der Waals surface area (Å²) in [6, 6.07) is 9.41. The van der Waals surface area contributed by atoms with Crippen LogP contribution in [-0.2, 0) is 10.0 Å². The van der Waals surface area contributed by atoms with Gasteiger partial charge in [0.1, 0.15) is 10.6 Å². The Hall–Kier alpha value is -2.56. The van der Waals surface area contributed by atoms with E-state index in [0.717, 1.165) is 34.5 Å². The first-order valence-electron chi connectivity index (χ1n) is 10.0. The minimum absolute atomic E-state index is 0.0139. The molecule has 0 aliphatic carbocycles. The van der Waals surface area contributed by atoms with E-state index in [4.69, 9.17) is 4.74 Å². The highest BCUT2D eigenvalue weighted by molar-refractivity contribution is 7.99. The Kier molecular flexibility index (Phi) is 7.47. The number of rotatable bonds is 6. The van der Waals surface area contributed by atoms with Crippen molar-refractivity contribution in [2.45, 2.75) is 11.8 Å². The first-order valence-corrected chi connectivity index (χ1v) is 12.6. The second kappa shape index (κ2) is 9.93. The molecule has 2 amide bonds. The summed E-state index contributed by atoms with van der Waals surface area (Å²) in [7, 11) is 0.402. The highest BCUT2D eigenvalue weighted by Crippen LogP contribution is 2.28. The number of nitrogens with zero attached hydrogens (tertiary/aromatic N) is 2. The molecule has 1 saturated heterocycles. The predicted molar refractivity (Wildman–Crippen MR) is 126 cm³/mol. The van der Waals surface area contributed by atoms with Gasteiger partial charge in [-0.2, -0.15) is 11.8 Å². The number of carbonyl (C=O) groups excluding carboxylic acids is 2. The van der Waals surface area contributed by atoms with Gasteiger partial charge in [0.15, 0.2) is 0 Å². The Morgan fingerprint density at radius 1 is 1.06 bits per heavy atom. The zero-order chi connectivity index (χ0) is 23.5. The van der Waals surface area contributed by atoms with Gasteiger partial charge in [-0.15, -0.1) is 0 Å². The summed E-state index contributed by atoms with van der Waals surface area (Å²) in [6.45, 7) is 3.28. The Morgan fingerprint density at radius 3 is 2.31 bits per heavy atom. The van der Waals surface area contributed by atoms with E-state index in [-0.39, 0.29) is 22.1 Å². The van der Waals surface area contributed by atoms with Crippen molar-refractivity contribution in [2.75, 3.05) is 51.1 Å². The normalized spacial score (nSPS) is 14.3. The number of ether oxygens (including phenoxy) is 1. The molecule has 3 rings (SSSR count). The monoisotopic (exact) mass is 477 g/mol. The third-order valence-corrected chi connectivity index (χ3v) is 7.98. The summed E-state index contributed by atoms with van der Waals surface area (Å²) in [5.41, 5.74) is 2.05. The van der Waals surface area contributed by atoms with E-state index in [1.807, 2.05) is 23.6 Å². The molecule has 2 aromatic carbocycles. The van der Waals surface area contributed by atoms with Crippen LogP contribution in [0.25, 0.3) is 0 Å². The number of benzene rings is 2. The van der Waals surface area contributed by atoms with Crippen LogP contribution in [0.2, 0.25) is 0 Å². The van der Waals surface area contributed by atoms with Crippen LogP contribution in [0.15, 0.2) is 41.3 Å². The van der Waals surface area contributed by atoms with Crippen LogP contribution in [0.3, 0.4) is 0 Å². The predicted octanol–water partition coefficient (Wildman–Crippen LogP) is 2.70. The number of thioether (sulfide) groups is 1. The zero-order valence-corrected chi connectivity index (χ0v) is 20.2. The number of hydrogen-bond acceptors (Lipinski definition) is 6. The van der Waals surface area contributed by atoms with E-state index in [1.54, 1.807) is 18.2 Å². The molecule has 0 radical (unpaired) electrons. The van der Waals surface area contributed by atoms with Crippen molar-refractivity contribution in [1.29, 1.82) is 0 Å². The van der Waals surface area contributed by atoms with Crippen molar-refractivity contribution in [3.63, 3.8) is 0 Å². The van der Waals surface area contributed by atoms with Crippen LogP contribution < -0.4 is 10.1 Å². The summed E-state index contributed by atoms with van der Waals surface area (Å²) in [4.78, 5) is 27.3. The Balaban J connectivity index is 1.82. The van der Waals surface area contributed by atoms with Crippen molar-refractivity contribution in [3.05, 3.63) is 53.1 Å². The van der Waals surface area contributed by atoms with Crippen molar-refractivity contribution in [1.82, 2.24) is 9.21 Å². The maximum absolute atomic E-state index is 12.8. The van der Waals surface area contributed by atoms with E-state index in [9.17, 15) is 18.0 Å². The lowest BCUT2D eigenvalue weighted by Crippen LogP contribution is -2.37. The van der Waals surface area contributed by atoms with Gasteiger partial charge in [-0.05, 0) is 48.9 Å². The van der Waals surface area contributed by atoms with E-state index in [0.29, 0.717) is 11.3 Å². The second-order valence-corrected chi connectivity index (χ2v) is 10.9. The first kappa shape index (κ1) is 24.1. The number of methoxy groups -OCH3 is 1. The van der Waals surface area contributed by atoms with Crippen LogP contribution in [0.5, 0.6) is 5.75 Å². The number of aryl methyl sites for hydroxylation is 1. The molecule has 10 heteroatoms. The fraction of sp³-hybridized carbons (Fsp3) is 0.364. The number of carbonyl (C=O) groups is 2. The molecular formula is C22H27N3O5S2. The SMILES string of the molecule is COc1ccc(C(=O)Nc2ccc(C(=O)N3CCSCC3)cc2C)cc1S(=O)(=O)N(C)C. The Labute approximate surface area is 193 Å². The molecule has 172 valence electrons. The highest BCUT2D eigenvalue weighted by Gasteiger charge is 2.24. The lowest BCUT2D eigenvalue weighted by molar-refractivity contribution is 0.0772. The van der Waals surface area contributed by atoms with Crippen LogP contribution in [0, 0.1) is 6.92 Å². The maximum atomic E-state index is 12.8. The summed E-state index contributed by atoms with van der Waals surface area (Å²) in [6.07, 6.45) is 0. The van der Waals surface area contributed by atoms with Crippen LogP contribution in [0.1, 0.15) is 26.3 Å². The average molecular weight is 478 g/mol. The van der Waals surface area contributed by atoms with Gasteiger partial charge in [-0.25, -0.2) is 12.7 Å². The maximum Gasteiger partial charge on any atom is 0.255 e. The van der Waals surface area contributed by atoms with Crippen LogP contribution >= 0.6 is 11.8 Å². The molecule has 0 unspecified atom stereocenters. The molecule has 1 heterocycles. The first-order chi connectivity index (χ1) is 15.1. The molecule has 1 aliphatic heterocycles. The Bertz CT molecular complexity index is 1130. The van der Waals surface area contributed by atoms with Gasteiger partial charge in [-0.1, -0.05) is 0 Å². The molecule has 1 fully saturated rings. The van der Waals surface area contributed by atoms with Gasteiger partial charge in [0.25, 0.3) is 11.8 Å². The number of amides is 2. The third kappa shape index (κ3) is 5.08. The number of hydrogen-bond donors (Lipinski definition) is 1. The summed E-state index contributed by atoms with van der Waals surface area (Å²) in [5, 5.41) is 2.80. The average Bonchev–Trinajstić information content (AvgIpc) is 2.79. The fourth-order valence-corrected chi connectivity index (χ4v) is 5.27. The van der Waals surface area contributed by atoms with Gasteiger partial charge < -0.3 is 15.0 Å². The minimum Gasteiger partial charge on any atom is -0.495 e. The van der Waals surface area contributed by atoms with E-state index in [1.165, 1.54) is 39.4 Å². The van der Waals surface area contributed by atoms with E-state index in [2.05, 4.69) is 5.32 Å². The van der Waals surface area contributed by atoms with Crippen molar-refractivity contribution >= 4 is 39.3 Å². The summed E-state index contributed by atoms with van der Waals surface area (Å²) >= 11 is 1.84. The van der Waals surface area contributed by atoms with E-state index < -0.39 is 15.9 Å². The molecular weight excluding hydrogens is 450 g/mol. The third-order valence-electron chi connectivity index (χ3n) is 5.20. The molecule has 1 aliphatic rings. The van der Waals surface area contributed by atoms with Gasteiger partial charge in [0, 0.05) is 55.5 Å². The molecule has 0 aromatic heterocycles. The van der Waals surface area contributed by atoms with Gasteiger partial charge in [0.2, 0.25) is 10.0 Å². The van der Waals surface area contributed by atoms with Crippen LogP contribution in [-0.4, -0.2) is 75.2 Å². The molecule has 8 nitrogen and oxygen atoms in total. The molecule has 2 aromatic rings. The van der Waals surface area contributed by atoms with Crippen LogP contribution in [0.4, 0.5) is 5.69 Å². The fourth-order valence-electron chi connectivity index (χ4n) is 3.30. The lowest BCUT2D eigenvalue weighted by Gasteiger charge is -2.26. The quantitative estimate of drug-likeness (QED) is 0.687. The van der Waals surface area contributed by atoms with Crippen molar-refractivity contribution < 1.29 is 22.7 Å². The number of nitrogens with one attached hydrogen (secondary N) is 1. The minimum atomic E-state index is -3.80. The molecule has 1 N–H and O–H groups in total. The largest absolute Gasteiger partial charge is 0.495 e. The molecule has 0 atom stereocenters. The highest BCUT2D eigenvalue weighted by atomic mass is 32.2. The smallest absolute Gasteiger partial charge is 0.255 e.